The summed E-state index contributed by atoms with van der Waals surface area (Å²) < 4.78 is 26.7. The van der Waals surface area contributed by atoms with Crippen molar-refractivity contribution in [1.82, 2.24) is 0 Å². The van der Waals surface area contributed by atoms with Gasteiger partial charge >= 0.3 is 0 Å². The standard InChI is InChI=1S/C10H12F2O3S/c11-8-1-6(3-13)2-9(12)10(8)16-5-7(15)4-14/h1-2,7,13-15H,3-5H2. The molecule has 16 heavy (non-hydrogen) atoms. The Balaban J connectivity index is 2.80. The molecule has 1 aromatic carbocycles. The molecule has 1 atom stereocenters. The first-order valence-corrected chi connectivity index (χ1v) is 5.57. The van der Waals surface area contributed by atoms with E-state index in [1.54, 1.807) is 0 Å². The van der Waals surface area contributed by atoms with Gasteiger partial charge in [0.15, 0.2) is 0 Å². The predicted molar refractivity (Wildman–Crippen MR) is 56.1 cm³/mol. The molecule has 90 valence electrons. The summed E-state index contributed by atoms with van der Waals surface area (Å²) >= 11 is 0.784. The molecule has 1 rings (SSSR count). The van der Waals surface area contributed by atoms with Crippen LogP contribution in [0.4, 0.5) is 8.78 Å². The van der Waals surface area contributed by atoms with E-state index in [1.807, 2.05) is 0 Å². The van der Waals surface area contributed by atoms with Crippen LogP contribution in [-0.2, 0) is 6.61 Å². The second kappa shape index (κ2) is 6.15. The fourth-order valence-corrected chi connectivity index (χ4v) is 1.93. The van der Waals surface area contributed by atoms with Crippen LogP contribution in [0.2, 0.25) is 0 Å². The molecule has 0 aliphatic heterocycles. The fraction of sp³-hybridized carbons (Fsp3) is 0.400. The normalized spacial score (nSPS) is 12.8. The van der Waals surface area contributed by atoms with Gasteiger partial charge in [0.25, 0.3) is 0 Å². The van der Waals surface area contributed by atoms with Crippen molar-refractivity contribution in [1.29, 1.82) is 0 Å². The first-order valence-electron chi connectivity index (χ1n) is 4.59. The maximum absolute atomic E-state index is 13.3. The van der Waals surface area contributed by atoms with Gasteiger partial charge in [0.05, 0.1) is 24.2 Å². The Morgan fingerprint density at radius 1 is 1.19 bits per heavy atom. The summed E-state index contributed by atoms with van der Waals surface area (Å²) in [7, 11) is 0. The van der Waals surface area contributed by atoms with Gasteiger partial charge in [0, 0.05) is 5.75 Å². The number of rotatable bonds is 5. The number of aliphatic hydroxyl groups excluding tert-OH is 3. The number of thioether (sulfide) groups is 1. The summed E-state index contributed by atoms with van der Waals surface area (Å²) in [4.78, 5) is -0.218. The van der Waals surface area contributed by atoms with Crippen molar-refractivity contribution in [3.63, 3.8) is 0 Å². The van der Waals surface area contributed by atoms with Gasteiger partial charge in [-0.15, -0.1) is 11.8 Å². The Morgan fingerprint density at radius 3 is 2.19 bits per heavy atom. The summed E-state index contributed by atoms with van der Waals surface area (Å²) in [5, 5.41) is 26.3. The van der Waals surface area contributed by atoms with Crippen LogP contribution >= 0.6 is 11.8 Å². The summed E-state index contributed by atoms with van der Waals surface area (Å²) in [6.45, 7) is -0.886. The first kappa shape index (κ1) is 13.4. The van der Waals surface area contributed by atoms with Crippen molar-refractivity contribution in [2.75, 3.05) is 12.4 Å². The molecule has 6 heteroatoms. The van der Waals surface area contributed by atoms with Gasteiger partial charge in [0.1, 0.15) is 11.6 Å². The van der Waals surface area contributed by atoms with Gasteiger partial charge in [-0.2, -0.15) is 0 Å². The average Bonchev–Trinajstić information content (AvgIpc) is 2.27. The van der Waals surface area contributed by atoms with Gasteiger partial charge < -0.3 is 15.3 Å². The van der Waals surface area contributed by atoms with Crippen LogP contribution in [0.1, 0.15) is 5.56 Å². The zero-order valence-corrected chi connectivity index (χ0v) is 9.18. The lowest BCUT2D eigenvalue weighted by Crippen LogP contribution is -2.14. The van der Waals surface area contributed by atoms with Crippen LogP contribution < -0.4 is 0 Å². The van der Waals surface area contributed by atoms with E-state index in [0.29, 0.717) is 0 Å². The molecule has 0 saturated carbocycles. The lowest BCUT2D eigenvalue weighted by atomic mass is 10.2. The van der Waals surface area contributed by atoms with Crippen molar-refractivity contribution < 1.29 is 24.1 Å². The maximum atomic E-state index is 13.3. The molecular weight excluding hydrogens is 238 g/mol. The molecule has 1 unspecified atom stereocenters. The summed E-state index contributed by atoms with van der Waals surface area (Å²) in [6, 6.07) is 2.08. The second-order valence-electron chi connectivity index (χ2n) is 3.19. The molecule has 0 spiro atoms. The second-order valence-corrected chi connectivity index (χ2v) is 4.22. The van der Waals surface area contributed by atoms with Gasteiger partial charge in [-0.3, -0.25) is 0 Å². The smallest absolute Gasteiger partial charge is 0.140 e. The Labute approximate surface area is 95.7 Å². The van der Waals surface area contributed by atoms with E-state index in [2.05, 4.69) is 0 Å². The number of hydrogen-bond donors (Lipinski definition) is 3. The van der Waals surface area contributed by atoms with Crippen molar-refractivity contribution in [2.45, 2.75) is 17.6 Å². The Morgan fingerprint density at radius 2 is 1.75 bits per heavy atom. The van der Waals surface area contributed by atoms with Crippen molar-refractivity contribution in [2.24, 2.45) is 0 Å². The highest BCUT2D eigenvalue weighted by Gasteiger charge is 2.13. The van der Waals surface area contributed by atoms with Gasteiger partial charge in [-0.05, 0) is 17.7 Å². The van der Waals surface area contributed by atoms with Crippen LogP contribution in [0.15, 0.2) is 17.0 Å². The summed E-state index contributed by atoms with van der Waals surface area (Å²) in [6.07, 6.45) is -1.01. The molecule has 0 aliphatic carbocycles. The van der Waals surface area contributed by atoms with Crippen LogP contribution in [0.3, 0.4) is 0 Å². The number of hydrogen-bond acceptors (Lipinski definition) is 4. The highest BCUT2D eigenvalue weighted by atomic mass is 32.2. The molecular formula is C10H12F2O3S. The quantitative estimate of drug-likeness (QED) is 0.680. The molecule has 0 heterocycles. The zero-order chi connectivity index (χ0) is 12.1. The van der Waals surface area contributed by atoms with E-state index >= 15 is 0 Å². The molecule has 3 N–H and O–H groups in total. The molecule has 0 radical (unpaired) electrons. The SMILES string of the molecule is OCc1cc(F)c(SCC(O)CO)c(F)c1. The third-order valence-corrected chi connectivity index (χ3v) is 3.10. The van der Waals surface area contributed by atoms with Crippen LogP contribution in [0, 0.1) is 11.6 Å². The maximum Gasteiger partial charge on any atom is 0.140 e. The Bertz CT molecular complexity index is 337. The van der Waals surface area contributed by atoms with Crippen molar-refractivity contribution >= 4 is 11.8 Å². The molecule has 3 nitrogen and oxygen atoms in total. The molecule has 0 aromatic heterocycles. The molecule has 0 fully saturated rings. The first-order chi connectivity index (χ1) is 7.58. The largest absolute Gasteiger partial charge is 0.394 e. The highest BCUT2D eigenvalue weighted by molar-refractivity contribution is 7.99. The van der Waals surface area contributed by atoms with Crippen LogP contribution in [0.5, 0.6) is 0 Å². The summed E-state index contributed by atoms with van der Waals surface area (Å²) in [5.41, 5.74) is 0.155. The van der Waals surface area contributed by atoms with E-state index in [1.165, 1.54) is 0 Å². The van der Waals surface area contributed by atoms with Gasteiger partial charge in [0.2, 0.25) is 0 Å². The molecule has 0 amide bonds. The third kappa shape index (κ3) is 3.41. The highest BCUT2D eigenvalue weighted by Crippen LogP contribution is 2.26. The predicted octanol–water partition coefficient (Wildman–Crippen LogP) is 0.902. The fourth-order valence-electron chi connectivity index (χ4n) is 1.07. The van der Waals surface area contributed by atoms with E-state index in [0.717, 1.165) is 23.9 Å². The Hall–Kier alpha value is -0.690. The minimum atomic E-state index is -1.01. The lowest BCUT2D eigenvalue weighted by molar-refractivity contribution is 0.113. The number of halogens is 2. The lowest BCUT2D eigenvalue weighted by Gasteiger charge is -2.09. The van der Waals surface area contributed by atoms with Gasteiger partial charge in [-0.1, -0.05) is 0 Å². The van der Waals surface area contributed by atoms with Crippen LogP contribution in [0.25, 0.3) is 0 Å². The topological polar surface area (TPSA) is 60.7 Å². The minimum absolute atomic E-state index is 0.00279. The number of aliphatic hydroxyl groups is 3. The van der Waals surface area contributed by atoms with Gasteiger partial charge in [-0.25, -0.2) is 8.78 Å². The molecule has 1 aromatic rings. The third-order valence-electron chi connectivity index (χ3n) is 1.87. The molecule has 0 saturated heterocycles. The van der Waals surface area contributed by atoms with Crippen molar-refractivity contribution in [3.05, 3.63) is 29.3 Å². The van der Waals surface area contributed by atoms with E-state index < -0.39 is 31.0 Å². The average molecular weight is 250 g/mol. The molecule has 0 aliphatic rings. The van der Waals surface area contributed by atoms with E-state index in [4.69, 9.17) is 15.3 Å². The van der Waals surface area contributed by atoms with E-state index in [9.17, 15) is 8.78 Å². The monoisotopic (exact) mass is 250 g/mol. The number of benzene rings is 1. The van der Waals surface area contributed by atoms with E-state index in [-0.39, 0.29) is 16.2 Å². The minimum Gasteiger partial charge on any atom is -0.394 e. The Kier molecular flexibility index (Phi) is 5.14. The molecule has 0 bridgehead atoms. The zero-order valence-electron chi connectivity index (χ0n) is 8.36. The summed E-state index contributed by atoms with van der Waals surface area (Å²) in [5.74, 6) is -1.55. The van der Waals surface area contributed by atoms with Crippen LogP contribution in [-0.4, -0.2) is 33.8 Å². The van der Waals surface area contributed by atoms with Crippen molar-refractivity contribution in [3.8, 4) is 0 Å².